The van der Waals surface area contributed by atoms with Gasteiger partial charge in [-0.3, -0.25) is 9.79 Å². The van der Waals surface area contributed by atoms with Crippen LogP contribution in [0.25, 0.3) is 0 Å². The second-order valence-corrected chi connectivity index (χ2v) is 10.3. The van der Waals surface area contributed by atoms with Crippen molar-refractivity contribution in [3.63, 3.8) is 0 Å². The Morgan fingerprint density at radius 3 is 2.37 bits per heavy atom. The van der Waals surface area contributed by atoms with Crippen LogP contribution in [0.15, 0.2) is 4.99 Å². The topological polar surface area (TPSA) is 103 Å². The summed E-state index contributed by atoms with van der Waals surface area (Å²) in [5.41, 5.74) is 0. The molecule has 0 aromatic rings. The Labute approximate surface area is 180 Å². The Bertz CT molecular complexity index is 681. The van der Waals surface area contributed by atoms with E-state index in [0.29, 0.717) is 38.8 Å². The summed E-state index contributed by atoms with van der Waals surface area (Å²) in [6.07, 6.45) is 5.03. The van der Waals surface area contributed by atoms with Crippen LogP contribution in [-0.2, 0) is 19.6 Å². The molecule has 0 aromatic carbocycles. The predicted molar refractivity (Wildman–Crippen MR) is 117 cm³/mol. The van der Waals surface area contributed by atoms with Gasteiger partial charge in [-0.05, 0) is 38.5 Å². The number of carbonyl (C=O) groups is 1. The van der Waals surface area contributed by atoms with Crippen LogP contribution in [0, 0.1) is 11.8 Å². The van der Waals surface area contributed by atoms with E-state index in [4.69, 9.17) is 4.74 Å². The highest BCUT2D eigenvalue weighted by Crippen LogP contribution is 2.25. The summed E-state index contributed by atoms with van der Waals surface area (Å²) in [4.78, 5) is 21.3. The number of amides is 1. The average Bonchev–Trinajstić information content (AvgIpc) is 2.72. The van der Waals surface area contributed by atoms with E-state index in [1.165, 1.54) is 6.42 Å². The van der Waals surface area contributed by atoms with Gasteiger partial charge in [0.25, 0.3) is 0 Å². The Morgan fingerprint density at radius 2 is 1.77 bits per heavy atom. The molecule has 0 spiro atoms. The van der Waals surface area contributed by atoms with E-state index < -0.39 is 10.0 Å². The molecule has 0 radical (unpaired) electrons. The monoisotopic (exact) mass is 443 g/mol. The third-order valence-corrected chi connectivity index (χ3v) is 7.57. The van der Waals surface area contributed by atoms with Crippen molar-refractivity contribution in [3.8, 4) is 0 Å². The SMILES string of the molecule is CCNC(=NCCS(=O)(=O)NCC1CCC1)N1CCC(C(=O)N2CCOCC2)CC1. The highest BCUT2D eigenvalue weighted by atomic mass is 32.2. The summed E-state index contributed by atoms with van der Waals surface area (Å²) >= 11 is 0. The number of nitrogens with one attached hydrogen (secondary N) is 2. The van der Waals surface area contributed by atoms with Crippen LogP contribution in [0.4, 0.5) is 0 Å². The largest absolute Gasteiger partial charge is 0.378 e. The maximum Gasteiger partial charge on any atom is 0.225 e. The Balaban J connectivity index is 1.45. The van der Waals surface area contributed by atoms with Crippen molar-refractivity contribution in [2.24, 2.45) is 16.8 Å². The number of sulfonamides is 1. The molecule has 0 bridgehead atoms. The first-order valence-electron chi connectivity index (χ1n) is 11.4. The molecule has 2 aliphatic heterocycles. The fourth-order valence-corrected chi connectivity index (χ4v) is 5.06. The van der Waals surface area contributed by atoms with Gasteiger partial charge >= 0.3 is 0 Å². The van der Waals surface area contributed by atoms with Crippen molar-refractivity contribution < 1.29 is 17.9 Å². The molecule has 2 heterocycles. The zero-order valence-corrected chi connectivity index (χ0v) is 19.0. The lowest BCUT2D eigenvalue weighted by Gasteiger charge is -2.36. The summed E-state index contributed by atoms with van der Waals surface area (Å²) in [7, 11) is -3.29. The first-order valence-corrected chi connectivity index (χ1v) is 13.0. The number of likely N-dealkylation sites (tertiary alicyclic amines) is 1. The fraction of sp³-hybridized carbons (Fsp3) is 0.900. The quantitative estimate of drug-likeness (QED) is 0.412. The highest BCUT2D eigenvalue weighted by Gasteiger charge is 2.30. The first kappa shape index (κ1) is 23.3. The molecule has 0 atom stereocenters. The van der Waals surface area contributed by atoms with E-state index >= 15 is 0 Å². The number of ether oxygens (including phenoxy) is 1. The average molecular weight is 444 g/mol. The van der Waals surface area contributed by atoms with Gasteiger partial charge in [0.05, 0.1) is 25.5 Å². The van der Waals surface area contributed by atoms with Crippen LogP contribution in [-0.4, -0.2) is 94.9 Å². The van der Waals surface area contributed by atoms with E-state index in [2.05, 4.69) is 19.9 Å². The van der Waals surface area contributed by atoms with Gasteiger partial charge in [-0.25, -0.2) is 13.1 Å². The van der Waals surface area contributed by atoms with Gasteiger partial charge in [0, 0.05) is 45.2 Å². The van der Waals surface area contributed by atoms with Gasteiger partial charge in [0.2, 0.25) is 15.9 Å². The van der Waals surface area contributed by atoms with Crippen LogP contribution in [0.2, 0.25) is 0 Å². The number of carbonyl (C=O) groups excluding carboxylic acids is 1. The number of nitrogens with zero attached hydrogens (tertiary/aromatic N) is 3. The van der Waals surface area contributed by atoms with Crippen molar-refractivity contribution in [3.05, 3.63) is 0 Å². The molecule has 172 valence electrons. The standard InChI is InChI=1S/C20H37N5O4S/c1-2-21-20(22-8-15-30(27,28)23-16-17-4-3-5-17)25-9-6-18(7-10-25)19(26)24-11-13-29-14-12-24/h17-18,23H,2-16H2,1H3,(H,21,22). The lowest BCUT2D eigenvalue weighted by molar-refractivity contribution is -0.140. The van der Waals surface area contributed by atoms with Gasteiger partial charge in [0.1, 0.15) is 0 Å². The molecule has 10 heteroatoms. The summed E-state index contributed by atoms with van der Waals surface area (Å²) in [6, 6.07) is 0. The highest BCUT2D eigenvalue weighted by molar-refractivity contribution is 7.89. The van der Waals surface area contributed by atoms with Crippen molar-refractivity contribution >= 4 is 21.9 Å². The lowest BCUT2D eigenvalue weighted by atomic mass is 9.86. The molecule has 0 unspecified atom stereocenters. The molecule has 1 aliphatic carbocycles. The van der Waals surface area contributed by atoms with Crippen LogP contribution in [0.5, 0.6) is 0 Å². The zero-order valence-electron chi connectivity index (χ0n) is 18.1. The van der Waals surface area contributed by atoms with Gasteiger partial charge in [-0.1, -0.05) is 6.42 Å². The van der Waals surface area contributed by atoms with E-state index in [1.54, 1.807) is 0 Å². The zero-order chi connectivity index (χ0) is 21.4. The Hall–Kier alpha value is -1.39. The second-order valence-electron chi connectivity index (χ2n) is 8.40. The third-order valence-electron chi connectivity index (χ3n) is 6.24. The number of morpholine rings is 1. The van der Waals surface area contributed by atoms with E-state index in [-0.39, 0.29) is 24.1 Å². The van der Waals surface area contributed by atoms with E-state index in [0.717, 1.165) is 51.3 Å². The number of guanidine groups is 1. The van der Waals surface area contributed by atoms with Crippen molar-refractivity contribution in [2.75, 3.05) is 64.8 Å². The minimum atomic E-state index is -3.29. The number of aliphatic imine (C=N–C) groups is 1. The molecule has 3 rings (SSSR count). The maximum absolute atomic E-state index is 12.7. The predicted octanol–water partition coefficient (Wildman–Crippen LogP) is 0.242. The fourth-order valence-electron chi connectivity index (χ4n) is 4.09. The van der Waals surface area contributed by atoms with Crippen molar-refractivity contribution in [2.45, 2.75) is 39.0 Å². The molecule has 1 saturated carbocycles. The summed E-state index contributed by atoms with van der Waals surface area (Å²) < 4.78 is 32.4. The molecule has 30 heavy (non-hydrogen) atoms. The second kappa shape index (κ2) is 11.3. The molecule has 9 nitrogen and oxygen atoms in total. The molecule has 2 saturated heterocycles. The molecule has 3 fully saturated rings. The van der Waals surface area contributed by atoms with Gasteiger partial charge in [0.15, 0.2) is 5.96 Å². The van der Waals surface area contributed by atoms with Crippen LogP contribution in [0.3, 0.4) is 0 Å². The van der Waals surface area contributed by atoms with Gasteiger partial charge in [-0.2, -0.15) is 0 Å². The molecule has 0 aromatic heterocycles. The number of hydrogen-bond acceptors (Lipinski definition) is 5. The number of hydrogen-bond donors (Lipinski definition) is 2. The molecular weight excluding hydrogens is 406 g/mol. The summed E-state index contributed by atoms with van der Waals surface area (Å²) in [5, 5.41) is 3.26. The minimum Gasteiger partial charge on any atom is -0.378 e. The summed E-state index contributed by atoms with van der Waals surface area (Å²) in [5.74, 6) is 1.54. The van der Waals surface area contributed by atoms with Crippen LogP contribution in [0.1, 0.15) is 39.0 Å². The summed E-state index contributed by atoms with van der Waals surface area (Å²) in [6.45, 7) is 7.63. The molecular formula is C20H37N5O4S. The van der Waals surface area contributed by atoms with E-state index in [9.17, 15) is 13.2 Å². The van der Waals surface area contributed by atoms with Crippen LogP contribution < -0.4 is 10.0 Å². The number of piperidine rings is 1. The van der Waals surface area contributed by atoms with Gasteiger partial charge in [-0.15, -0.1) is 0 Å². The molecule has 2 N–H and O–H groups in total. The normalized spacial score (nSPS) is 22.1. The smallest absolute Gasteiger partial charge is 0.225 e. The van der Waals surface area contributed by atoms with Crippen LogP contribution >= 0.6 is 0 Å². The third kappa shape index (κ3) is 6.81. The lowest BCUT2D eigenvalue weighted by Crippen LogP contribution is -2.50. The Kier molecular flexibility index (Phi) is 8.76. The van der Waals surface area contributed by atoms with Crippen molar-refractivity contribution in [1.82, 2.24) is 19.8 Å². The number of rotatable bonds is 8. The molecule has 1 amide bonds. The first-order chi connectivity index (χ1) is 14.5. The van der Waals surface area contributed by atoms with Crippen molar-refractivity contribution in [1.29, 1.82) is 0 Å². The van der Waals surface area contributed by atoms with Gasteiger partial charge < -0.3 is 19.9 Å². The van der Waals surface area contributed by atoms with E-state index in [1.807, 2.05) is 11.8 Å². The molecule has 3 aliphatic rings. The minimum absolute atomic E-state index is 0.000591. The Morgan fingerprint density at radius 1 is 1.07 bits per heavy atom. The maximum atomic E-state index is 12.7.